The zero-order valence-corrected chi connectivity index (χ0v) is 8.03. The van der Waals surface area contributed by atoms with Gasteiger partial charge in [0, 0.05) is 11.3 Å². The fourth-order valence-electron chi connectivity index (χ4n) is 1.10. The second-order valence-corrected chi connectivity index (χ2v) is 3.04. The summed E-state index contributed by atoms with van der Waals surface area (Å²) in [4.78, 5) is 4.07. The fourth-order valence-corrected chi connectivity index (χ4v) is 1.21. The highest BCUT2D eigenvalue weighted by Crippen LogP contribution is 2.19. The Morgan fingerprint density at radius 2 is 2.29 bits per heavy atom. The number of hydrogen-bond donors (Lipinski definition) is 1. The third-order valence-electron chi connectivity index (χ3n) is 1.72. The van der Waals surface area contributed by atoms with Crippen LogP contribution in [0.4, 0.5) is 5.69 Å². The van der Waals surface area contributed by atoms with Crippen molar-refractivity contribution >= 4 is 17.3 Å². The van der Waals surface area contributed by atoms with Crippen LogP contribution in [0.15, 0.2) is 28.8 Å². The molecule has 0 bridgehead atoms. The third kappa shape index (κ3) is 1.70. The van der Waals surface area contributed by atoms with E-state index in [1.807, 2.05) is 12.1 Å². The molecule has 0 aliphatic heterocycles. The van der Waals surface area contributed by atoms with E-state index in [1.165, 1.54) is 0 Å². The first-order chi connectivity index (χ1) is 6.79. The van der Waals surface area contributed by atoms with Crippen LogP contribution in [0.1, 0.15) is 5.82 Å². The number of halogens is 1. The average molecular weight is 210 g/mol. The zero-order chi connectivity index (χ0) is 9.97. The second kappa shape index (κ2) is 3.67. The van der Waals surface area contributed by atoms with Crippen molar-refractivity contribution in [1.82, 2.24) is 10.1 Å². The Bertz CT molecular complexity index is 441. The van der Waals surface area contributed by atoms with Gasteiger partial charge in [-0.05, 0) is 18.2 Å². The van der Waals surface area contributed by atoms with Gasteiger partial charge < -0.3 is 10.3 Å². The Hall–Kier alpha value is -1.55. The normalized spacial score (nSPS) is 10.4. The molecule has 0 spiro atoms. The smallest absolute Gasteiger partial charge is 0.258 e. The number of nitrogen functional groups attached to an aromatic ring is 1. The number of nitrogens with zero attached hydrogens (tertiary/aromatic N) is 2. The van der Waals surface area contributed by atoms with Gasteiger partial charge >= 0.3 is 0 Å². The predicted octanol–water partition coefficient (Wildman–Crippen LogP) is 2.06. The van der Waals surface area contributed by atoms with E-state index < -0.39 is 0 Å². The lowest BCUT2D eigenvalue weighted by Crippen LogP contribution is -1.85. The summed E-state index contributed by atoms with van der Waals surface area (Å²) in [6.45, 7) is 0. The lowest BCUT2D eigenvalue weighted by Gasteiger charge is -1.94. The largest absolute Gasteiger partial charge is 0.399 e. The molecule has 0 saturated carbocycles. The van der Waals surface area contributed by atoms with Crippen molar-refractivity contribution in [2.75, 3.05) is 5.73 Å². The van der Waals surface area contributed by atoms with Crippen LogP contribution in [-0.2, 0) is 5.88 Å². The molecule has 0 aliphatic carbocycles. The molecule has 0 amide bonds. The number of aromatic nitrogens is 2. The number of alkyl halides is 1. The summed E-state index contributed by atoms with van der Waals surface area (Å²) < 4.78 is 5.00. The minimum Gasteiger partial charge on any atom is -0.399 e. The van der Waals surface area contributed by atoms with Crippen LogP contribution in [0.25, 0.3) is 11.5 Å². The van der Waals surface area contributed by atoms with E-state index in [9.17, 15) is 0 Å². The highest BCUT2D eigenvalue weighted by Gasteiger charge is 2.07. The summed E-state index contributed by atoms with van der Waals surface area (Å²) >= 11 is 5.55. The number of benzene rings is 1. The summed E-state index contributed by atoms with van der Waals surface area (Å²) in [5, 5.41) is 3.68. The van der Waals surface area contributed by atoms with Crippen LogP contribution in [0, 0.1) is 0 Å². The zero-order valence-electron chi connectivity index (χ0n) is 7.27. The van der Waals surface area contributed by atoms with Gasteiger partial charge in [-0.15, -0.1) is 11.6 Å². The van der Waals surface area contributed by atoms with E-state index in [2.05, 4.69) is 10.1 Å². The first-order valence-electron chi connectivity index (χ1n) is 4.04. The SMILES string of the molecule is Nc1cccc(-c2nc(CCl)no2)c1. The first-order valence-corrected chi connectivity index (χ1v) is 4.57. The van der Waals surface area contributed by atoms with Crippen molar-refractivity contribution in [2.45, 2.75) is 5.88 Å². The van der Waals surface area contributed by atoms with Crippen LogP contribution < -0.4 is 5.73 Å². The van der Waals surface area contributed by atoms with Gasteiger partial charge in [0.1, 0.15) is 0 Å². The highest BCUT2D eigenvalue weighted by molar-refractivity contribution is 6.16. The molecule has 0 aliphatic rings. The minimum absolute atomic E-state index is 0.242. The summed E-state index contributed by atoms with van der Waals surface area (Å²) in [6, 6.07) is 7.24. The van der Waals surface area contributed by atoms with Crippen molar-refractivity contribution in [2.24, 2.45) is 0 Å². The van der Waals surface area contributed by atoms with E-state index in [4.69, 9.17) is 21.9 Å². The predicted molar refractivity (Wildman–Crippen MR) is 53.7 cm³/mol. The molecule has 0 atom stereocenters. The molecule has 0 fully saturated rings. The van der Waals surface area contributed by atoms with Gasteiger partial charge in [0.15, 0.2) is 5.82 Å². The quantitative estimate of drug-likeness (QED) is 0.607. The maximum Gasteiger partial charge on any atom is 0.258 e. The molecule has 1 aromatic heterocycles. The van der Waals surface area contributed by atoms with Gasteiger partial charge in [0.05, 0.1) is 5.88 Å². The summed E-state index contributed by atoms with van der Waals surface area (Å²) in [7, 11) is 0. The van der Waals surface area contributed by atoms with Crippen molar-refractivity contribution in [1.29, 1.82) is 0 Å². The van der Waals surface area contributed by atoms with Crippen LogP contribution in [0.2, 0.25) is 0 Å². The molecule has 1 aromatic carbocycles. The maximum absolute atomic E-state index is 5.62. The van der Waals surface area contributed by atoms with Crippen molar-refractivity contribution in [3.8, 4) is 11.5 Å². The first kappa shape index (κ1) is 9.02. The number of anilines is 1. The van der Waals surface area contributed by atoms with Gasteiger partial charge in [-0.1, -0.05) is 11.2 Å². The summed E-state index contributed by atoms with van der Waals surface area (Å²) in [5.41, 5.74) is 7.08. The molecule has 0 radical (unpaired) electrons. The van der Waals surface area contributed by atoms with Crippen LogP contribution in [-0.4, -0.2) is 10.1 Å². The molecular weight excluding hydrogens is 202 g/mol. The van der Waals surface area contributed by atoms with Gasteiger partial charge in [-0.25, -0.2) is 0 Å². The van der Waals surface area contributed by atoms with Gasteiger partial charge in [0.25, 0.3) is 5.89 Å². The monoisotopic (exact) mass is 209 g/mol. The van der Waals surface area contributed by atoms with E-state index in [1.54, 1.807) is 12.1 Å². The van der Waals surface area contributed by atoms with Crippen molar-refractivity contribution < 1.29 is 4.52 Å². The number of hydrogen-bond acceptors (Lipinski definition) is 4. The van der Waals surface area contributed by atoms with E-state index in [-0.39, 0.29) is 5.88 Å². The third-order valence-corrected chi connectivity index (χ3v) is 1.96. The Morgan fingerprint density at radius 1 is 1.43 bits per heavy atom. The maximum atomic E-state index is 5.62. The molecule has 5 heteroatoms. The lowest BCUT2D eigenvalue weighted by molar-refractivity contribution is 0.425. The Balaban J connectivity index is 2.39. The van der Waals surface area contributed by atoms with Gasteiger partial charge in [0.2, 0.25) is 0 Å². The lowest BCUT2D eigenvalue weighted by atomic mass is 10.2. The Morgan fingerprint density at radius 3 is 2.93 bits per heavy atom. The second-order valence-electron chi connectivity index (χ2n) is 2.77. The number of nitrogens with two attached hydrogens (primary N) is 1. The van der Waals surface area contributed by atoms with Crippen LogP contribution in [0.5, 0.6) is 0 Å². The van der Waals surface area contributed by atoms with Crippen molar-refractivity contribution in [3.05, 3.63) is 30.1 Å². The fraction of sp³-hybridized carbons (Fsp3) is 0.111. The molecule has 14 heavy (non-hydrogen) atoms. The van der Waals surface area contributed by atoms with Crippen LogP contribution in [0.3, 0.4) is 0 Å². The van der Waals surface area contributed by atoms with E-state index >= 15 is 0 Å². The molecule has 2 aromatic rings. The molecule has 2 N–H and O–H groups in total. The Labute approximate surface area is 85.7 Å². The topological polar surface area (TPSA) is 64.9 Å². The molecular formula is C9H8ClN3O. The molecule has 0 saturated heterocycles. The molecule has 2 rings (SSSR count). The number of rotatable bonds is 2. The molecule has 72 valence electrons. The van der Waals surface area contributed by atoms with Gasteiger partial charge in [-0.2, -0.15) is 4.98 Å². The van der Waals surface area contributed by atoms with Crippen LogP contribution >= 0.6 is 11.6 Å². The highest BCUT2D eigenvalue weighted by atomic mass is 35.5. The summed E-state index contributed by atoms with van der Waals surface area (Å²) in [6.07, 6.45) is 0. The standard InChI is InChI=1S/C9H8ClN3O/c10-5-8-12-9(14-13-8)6-2-1-3-7(11)4-6/h1-4H,5,11H2. The summed E-state index contributed by atoms with van der Waals surface area (Å²) in [5.74, 6) is 1.16. The molecule has 4 nitrogen and oxygen atoms in total. The molecule has 0 unspecified atom stereocenters. The average Bonchev–Trinajstić information content (AvgIpc) is 2.66. The van der Waals surface area contributed by atoms with Crippen molar-refractivity contribution in [3.63, 3.8) is 0 Å². The van der Waals surface area contributed by atoms with Gasteiger partial charge in [-0.3, -0.25) is 0 Å². The van der Waals surface area contributed by atoms with E-state index in [0.29, 0.717) is 17.4 Å². The minimum atomic E-state index is 0.242. The Kier molecular flexibility index (Phi) is 2.37. The van der Waals surface area contributed by atoms with E-state index in [0.717, 1.165) is 5.56 Å². The molecule has 1 heterocycles.